The van der Waals surface area contributed by atoms with Crippen LogP contribution < -0.4 is 5.32 Å². The van der Waals surface area contributed by atoms with Gasteiger partial charge in [-0.1, -0.05) is 5.92 Å². The average molecular weight is 82.1 g/mol. The highest BCUT2D eigenvalue weighted by molar-refractivity contribution is 5.47. The van der Waals surface area contributed by atoms with Gasteiger partial charge in [-0.25, -0.2) is 0 Å². The summed E-state index contributed by atoms with van der Waals surface area (Å²) >= 11 is 0. The molecule has 0 aromatic heterocycles. The van der Waals surface area contributed by atoms with Crippen molar-refractivity contribution in [3.63, 3.8) is 0 Å². The maximum atomic E-state index is 9.23. The Morgan fingerprint density at radius 3 is 2.67 bits per heavy atom. The lowest BCUT2D eigenvalue weighted by atomic mass is 10.7. The number of amides is 1. The molecule has 1 N–H and O–H groups in total. The summed E-state index contributed by atoms with van der Waals surface area (Å²) in [5, 5.41) is 2.16. The first kappa shape index (κ1) is 5.03. The standard InChI is InChI=1S/C4H4NO/c1-2-3-5-4-6/h1H,3H2,(H,5,6). The van der Waals surface area contributed by atoms with Crippen LogP contribution >= 0.6 is 0 Å². The first-order chi connectivity index (χ1) is 2.91. The molecule has 31 valence electrons. The van der Waals surface area contributed by atoms with Crippen molar-refractivity contribution in [1.29, 1.82) is 0 Å². The van der Waals surface area contributed by atoms with Crippen LogP contribution in [0.2, 0.25) is 0 Å². The smallest absolute Gasteiger partial charge is 0.310 e. The topological polar surface area (TPSA) is 29.1 Å². The molecule has 2 nitrogen and oxygen atoms in total. The molecule has 0 rings (SSSR count). The quantitative estimate of drug-likeness (QED) is 0.266. The number of hydrogen-bond acceptors (Lipinski definition) is 1. The molecule has 0 bridgehead atoms. The van der Waals surface area contributed by atoms with E-state index in [1.807, 2.05) is 0 Å². The predicted octanol–water partition coefficient (Wildman–Crippen LogP) is -0.724. The van der Waals surface area contributed by atoms with E-state index < -0.39 is 0 Å². The maximum Gasteiger partial charge on any atom is 0.310 e. The van der Waals surface area contributed by atoms with E-state index in [0.29, 0.717) is 0 Å². The van der Waals surface area contributed by atoms with E-state index in [4.69, 9.17) is 6.42 Å². The van der Waals surface area contributed by atoms with E-state index in [2.05, 4.69) is 11.2 Å². The first-order valence-corrected chi connectivity index (χ1v) is 1.45. The van der Waals surface area contributed by atoms with Gasteiger partial charge in [-0.3, -0.25) is 4.79 Å². The number of terminal acetylenes is 1. The zero-order valence-corrected chi connectivity index (χ0v) is 3.19. The third-order valence-electron chi connectivity index (χ3n) is 0.263. The number of hydrogen-bond donors (Lipinski definition) is 1. The van der Waals surface area contributed by atoms with Gasteiger partial charge >= 0.3 is 6.41 Å². The molecular weight excluding hydrogens is 78.0 g/mol. The summed E-state index contributed by atoms with van der Waals surface area (Å²) in [5.41, 5.74) is 0. The van der Waals surface area contributed by atoms with E-state index in [-0.39, 0.29) is 6.54 Å². The van der Waals surface area contributed by atoms with Crippen LogP contribution in [0.5, 0.6) is 0 Å². The second kappa shape index (κ2) is 4.03. The van der Waals surface area contributed by atoms with Gasteiger partial charge in [-0.2, -0.15) is 0 Å². The minimum absolute atomic E-state index is 0.267. The van der Waals surface area contributed by atoms with Gasteiger partial charge in [0.25, 0.3) is 0 Å². The van der Waals surface area contributed by atoms with Crippen LogP contribution in [0.15, 0.2) is 0 Å². The normalized spacial score (nSPS) is 5.83. The van der Waals surface area contributed by atoms with Crippen LogP contribution in [0.3, 0.4) is 0 Å². The monoisotopic (exact) mass is 82.0 g/mol. The molecule has 1 radical (unpaired) electrons. The molecule has 0 spiro atoms. The van der Waals surface area contributed by atoms with Crippen molar-refractivity contribution in [2.24, 2.45) is 0 Å². The maximum absolute atomic E-state index is 9.23. The highest BCUT2D eigenvalue weighted by atomic mass is 16.1. The number of nitrogens with one attached hydrogen (secondary N) is 1. The fourth-order valence-electron chi connectivity index (χ4n) is 0.0871. The van der Waals surface area contributed by atoms with E-state index in [9.17, 15) is 4.79 Å². The largest absolute Gasteiger partial charge is 0.337 e. The molecule has 0 heterocycles. The second-order valence-corrected chi connectivity index (χ2v) is 0.660. The molecule has 1 amide bonds. The first-order valence-electron chi connectivity index (χ1n) is 1.45. The van der Waals surface area contributed by atoms with Crippen molar-refractivity contribution in [3.05, 3.63) is 0 Å². The van der Waals surface area contributed by atoms with E-state index >= 15 is 0 Å². The molecule has 0 atom stereocenters. The molecule has 0 aromatic rings. The molecule has 0 saturated heterocycles. The second-order valence-electron chi connectivity index (χ2n) is 0.660. The third kappa shape index (κ3) is 3.03. The Labute approximate surface area is 36.5 Å². The zero-order valence-electron chi connectivity index (χ0n) is 3.19. The summed E-state index contributed by atoms with van der Waals surface area (Å²) in [5.74, 6) is 2.19. The van der Waals surface area contributed by atoms with Crippen molar-refractivity contribution >= 4 is 6.41 Å². The van der Waals surface area contributed by atoms with Crippen molar-refractivity contribution in [2.45, 2.75) is 0 Å². The Kier molecular flexibility index (Phi) is 3.38. The number of rotatable bonds is 2. The van der Waals surface area contributed by atoms with E-state index in [0.717, 1.165) is 0 Å². The summed E-state index contributed by atoms with van der Waals surface area (Å²) in [6.45, 7) is 0.267. The Morgan fingerprint density at radius 2 is 2.50 bits per heavy atom. The van der Waals surface area contributed by atoms with Gasteiger partial charge < -0.3 is 5.32 Å². The highest BCUT2D eigenvalue weighted by Crippen LogP contribution is 1.40. The SMILES string of the molecule is C#CCN[C]=O. The van der Waals surface area contributed by atoms with Gasteiger partial charge in [0.15, 0.2) is 0 Å². The predicted molar refractivity (Wildman–Crippen MR) is 22.5 cm³/mol. The molecule has 0 aromatic carbocycles. The molecule has 0 unspecified atom stereocenters. The molecule has 0 saturated carbocycles. The zero-order chi connectivity index (χ0) is 4.83. The lowest BCUT2D eigenvalue weighted by Crippen LogP contribution is -2.09. The Morgan fingerprint density at radius 1 is 1.83 bits per heavy atom. The van der Waals surface area contributed by atoms with Crippen LogP contribution in [0.1, 0.15) is 0 Å². The van der Waals surface area contributed by atoms with Crippen LogP contribution in [0.25, 0.3) is 0 Å². The van der Waals surface area contributed by atoms with Gasteiger partial charge in [0.2, 0.25) is 0 Å². The Balaban J connectivity index is 2.72. The van der Waals surface area contributed by atoms with Crippen LogP contribution in [-0.4, -0.2) is 13.0 Å². The van der Waals surface area contributed by atoms with Crippen molar-refractivity contribution in [1.82, 2.24) is 5.32 Å². The van der Waals surface area contributed by atoms with Crippen LogP contribution in [0.4, 0.5) is 0 Å². The summed E-state index contributed by atoms with van der Waals surface area (Å²) in [4.78, 5) is 9.23. The fourth-order valence-corrected chi connectivity index (χ4v) is 0.0871. The molecule has 2 heteroatoms. The van der Waals surface area contributed by atoms with Crippen molar-refractivity contribution in [2.75, 3.05) is 6.54 Å². The minimum atomic E-state index is 0.267. The summed E-state index contributed by atoms with van der Waals surface area (Å²) < 4.78 is 0. The summed E-state index contributed by atoms with van der Waals surface area (Å²) in [6, 6.07) is 0. The highest BCUT2D eigenvalue weighted by Gasteiger charge is 1.66. The van der Waals surface area contributed by atoms with E-state index in [1.54, 1.807) is 0 Å². The molecule has 0 aliphatic carbocycles. The van der Waals surface area contributed by atoms with Gasteiger partial charge in [0.05, 0.1) is 6.54 Å². The molecule has 0 fully saturated rings. The van der Waals surface area contributed by atoms with Crippen molar-refractivity contribution in [3.8, 4) is 12.3 Å². The Hall–Kier alpha value is -0.970. The Bertz CT molecular complexity index is 72.1. The van der Waals surface area contributed by atoms with Gasteiger partial charge in [0.1, 0.15) is 0 Å². The lowest BCUT2D eigenvalue weighted by Gasteiger charge is -1.77. The van der Waals surface area contributed by atoms with E-state index in [1.165, 1.54) is 6.41 Å². The molecule has 6 heavy (non-hydrogen) atoms. The fraction of sp³-hybridized carbons (Fsp3) is 0.250. The van der Waals surface area contributed by atoms with Gasteiger partial charge in [-0.15, -0.1) is 6.42 Å². The van der Waals surface area contributed by atoms with Crippen molar-refractivity contribution < 1.29 is 4.79 Å². The van der Waals surface area contributed by atoms with Crippen LogP contribution in [0, 0.1) is 12.3 Å². The summed E-state index contributed by atoms with van der Waals surface area (Å²) in [7, 11) is 0. The number of carbonyl (C=O) groups excluding carboxylic acids is 1. The average Bonchev–Trinajstić information content (AvgIpc) is 1.61. The van der Waals surface area contributed by atoms with Crippen LogP contribution in [-0.2, 0) is 4.79 Å². The molecule has 0 aliphatic rings. The van der Waals surface area contributed by atoms with Gasteiger partial charge in [0, 0.05) is 0 Å². The molecular formula is C4H4NO. The third-order valence-corrected chi connectivity index (χ3v) is 0.263. The molecule has 0 aliphatic heterocycles. The summed E-state index contributed by atoms with van der Waals surface area (Å²) in [6.07, 6.45) is 6.15. The van der Waals surface area contributed by atoms with Gasteiger partial charge in [-0.05, 0) is 0 Å². The minimum Gasteiger partial charge on any atom is -0.337 e. The lowest BCUT2D eigenvalue weighted by molar-refractivity contribution is 0.546.